The summed E-state index contributed by atoms with van der Waals surface area (Å²) in [6.07, 6.45) is 6.84. The van der Waals surface area contributed by atoms with E-state index in [4.69, 9.17) is 21.1 Å². The average molecular weight is 412 g/mol. The minimum atomic E-state index is -0.308. The lowest BCUT2D eigenvalue weighted by molar-refractivity contribution is -0.0721. The van der Waals surface area contributed by atoms with Crippen LogP contribution in [0.15, 0.2) is 23.2 Å². The molecule has 0 bridgehead atoms. The van der Waals surface area contributed by atoms with Crippen LogP contribution in [0.2, 0.25) is 5.02 Å². The highest BCUT2D eigenvalue weighted by molar-refractivity contribution is 6.31. The molecule has 1 atom stereocenters. The fourth-order valence-electron chi connectivity index (χ4n) is 3.78. The molecule has 0 aliphatic carbocycles. The maximum Gasteiger partial charge on any atom is 0.193 e. The van der Waals surface area contributed by atoms with Crippen LogP contribution in [0.3, 0.4) is 0 Å². The molecule has 0 saturated carbocycles. The van der Waals surface area contributed by atoms with Gasteiger partial charge in [0.1, 0.15) is 5.82 Å². The van der Waals surface area contributed by atoms with Gasteiger partial charge < -0.3 is 19.7 Å². The molecule has 2 saturated heterocycles. The van der Waals surface area contributed by atoms with E-state index in [1.165, 1.54) is 25.0 Å². The van der Waals surface area contributed by atoms with Crippen molar-refractivity contribution in [1.29, 1.82) is 0 Å². The van der Waals surface area contributed by atoms with E-state index >= 15 is 0 Å². The van der Waals surface area contributed by atoms with E-state index < -0.39 is 0 Å². The van der Waals surface area contributed by atoms with Crippen LogP contribution in [0.25, 0.3) is 0 Å². The van der Waals surface area contributed by atoms with Gasteiger partial charge in [0, 0.05) is 38.3 Å². The lowest BCUT2D eigenvalue weighted by Gasteiger charge is -2.35. The average Bonchev–Trinajstić information content (AvgIpc) is 2.72. The minimum absolute atomic E-state index is 0.277. The first-order chi connectivity index (χ1) is 13.7. The van der Waals surface area contributed by atoms with Gasteiger partial charge in [0.25, 0.3) is 0 Å². The molecule has 2 aliphatic rings. The van der Waals surface area contributed by atoms with Gasteiger partial charge in [-0.1, -0.05) is 17.7 Å². The molecule has 28 heavy (non-hydrogen) atoms. The number of benzene rings is 1. The van der Waals surface area contributed by atoms with E-state index in [0.717, 1.165) is 63.5 Å². The van der Waals surface area contributed by atoms with Gasteiger partial charge in [-0.2, -0.15) is 0 Å². The Morgan fingerprint density at radius 3 is 2.82 bits per heavy atom. The number of halogens is 2. The maximum absolute atomic E-state index is 13.1. The molecule has 0 spiro atoms. The number of guanidine groups is 1. The van der Waals surface area contributed by atoms with E-state index in [9.17, 15) is 4.39 Å². The molecule has 2 fully saturated rings. The topological polar surface area (TPSA) is 46.1 Å². The molecule has 5 nitrogen and oxygen atoms in total. The molecule has 0 amide bonds. The molecule has 156 valence electrons. The third-order valence-electron chi connectivity index (χ3n) is 5.44. The van der Waals surface area contributed by atoms with Crippen molar-refractivity contribution in [2.45, 2.75) is 50.7 Å². The summed E-state index contributed by atoms with van der Waals surface area (Å²) in [5.41, 5.74) is 0.933. The van der Waals surface area contributed by atoms with Crippen molar-refractivity contribution in [3.63, 3.8) is 0 Å². The number of nitrogens with zero attached hydrogens (tertiary/aromatic N) is 2. The Bertz CT molecular complexity index is 645. The van der Waals surface area contributed by atoms with E-state index in [0.29, 0.717) is 17.7 Å². The summed E-state index contributed by atoms with van der Waals surface area (Å²) in [6, 6.07) is 4.54. The van der Waals surface area contributed by atoms with Gasteiger partial charge in [0.05, 0.1) is 18.8 Å². The summed E-state index contributed by atoms with van der Waals surface area (Å²) in [6.45, 7) is 4.14. The minimum Gasteiger partial charge on any atom is -0.376 e. The van der Waals surface area contributed by atoms with E-state index in [1.807, 2.05) is 0 Å². The van der Waals surface area contributed by atoms with Gasteiger partial charge in [0.2, 0.25) is 0 Å². The molecular formula is C21H31ClFN3O2. The van der Waals surface area contributed by atoms with Crippen molar-refractivity contribution in [1.82, 2.24) is 10.2 Å². The van der Waals surface area contributed by atoms with Crippen LogP contribution < -0.4 is 5.32 Å². The first-order valence-corrected chi connectivity index (χ1v) is 10.7. The molecule has 1 aromatic carbocycles. The van der Waals surface area contributed by atoms with E-state index in [2.05, 4.69) is 15.2 Å². The van der Waals surface area contributed by atoms with Crippen LogP contribution in [0, 0.1) is 5.82 Å². The Morgan fingerprint density at radius 1 is 1.32 bits per heavy atom. The third kappa shape index (κ3) is 6.33. The second-order valence-electron chi connectivity index (χ2n) is 7.47. The SMILES string of the molecule is CN=C(NCCc1ccc(F)cc1Cl)N1CCC(OCC2CCCCO2)CC1. The van der Waals surface area contributed by atoms with E-state index in [-0.39, 0.29) is 11.9 Å². The molecular weight excluding hydrogens is 381 g/mol. The van der Waals surface area contributed by atoms with Crippen molar-refractivity contribution in [3.05, 3.63) is 34.6 Å². The molecule has 3 rings (SSSR count). The van der Waals surface area contributed by atoms with Crippen LogP contribution >= 0.6 is 11.6 Å². The van der Waals surface area contributed by atoms with Gasteiger partial charge in [-0.25, -0.2) is 4.39 Å². The smallest absolute Gasteiger partial charge is 0.193 e. The second kappa shape index (κ2) is 11.0. The quantitative estimate of drug-likeness (QED) is 0.573. The first-order valence-electron chi connectivity index (χ1n) is 10.3. The fourth-order valence-corrected chi connectivity index (χ4v) is 4.04. The number of aliphatic imine (C=N–C) groups is 1. The number of hydrogen-bond donors (Lipinski definition) is 1. The molecule has 0 radical (unpaired) electrons. The van der Waals surface area contributed by atoms with Crippen LogP contribution in [0.1, 0.15) is 37.7 Å². The van der Waals surface area contributed by atoms with Crippen LogP contribution in [-0.2, 0) is 15.9 Å². The van der Waals surface area contributed by atoms with E-state index in [1.54, 1.807) is 13.1 Å². The number of nitrogens with one attached hydrogen (secondary N) is 1. The maximum atomic E-state index is 13.1. The zero-order valence-electron chi connectivity index (χ0n) is 16.6. The predicted molar refractivity (Wildman–Crippen MR) is 111 cm³/mol. The monoisotopic (exact) mass is 411 g/mol. The second-order valence-corrected chi connectivity index (χ2v) is 7.88. The summed E-state index contributed by atoms with van der Waals surface area (Å²) in [5.74, 6) is 0.588. The number of rotatable bonds is 6. The highest BCUT2D eigenvalue weighted by Crippen LogP contribution is 2.19. The summed E-state index contributed by atoms with van der Waals surface area (Å²) >= 11 is 6.10. The zero-order valence-corrected chi connectivity index (χ0v) is 17.4. The number of ether oxygens (including phenoxy) is 2. The Labute approximate surface area is 172 Å². The molecule has 7 heteroatoms. The Morgan fingerprint density at radius 2 is 2.14 bits per heavy atom. The Kier molecular flexibility index (Phi) is 8.37. The van der Waals surface area contributed by atoms with Gasteiger partial charge >= 0.3 is 0 Å². The molecule has 2 heterocycles. The highest BCUT2D eigenvalue weighted by Gasteiger charge is 2.23. The Hall–Kier alpha value is -1.37. The summed E-state index contributed by atoms with van der Waals surface area (Å²) in [7, 11) is 1.80. The van der Waals surface area contributed by atoms with Gasteiger partial charge in [-0.05, 0) is 56.2 Å². The first kappa shape index (κ1) is 21.3. The number of hydrogen-bond acceptors (Lipinski definition) is 3. The predicted octanol–water partition coefficient (Wildman–Crippen LogP) is 3.65. The highest BCUT2D eigenvalue weighted by atomic mass is 35.5. The molecule has 1 aromatic rings. The Balaban J connectivity index is 1.37. The van der Waals surface area contributed by atoms with Crippen molar-refractivity contribution in [2.75, 3.05) is 39.9 Å². The summed E-state index contributed by atoms with van der Waals surface area (Å²) in [4.78, 5) is 6.67. The standard InChI is InChI=1S/C21H31ClFN3O2/c1-24-21(25-10-7-16-5-6-17(23)14-20(16)22)26-11-8-18(9-12-26)28-15-19-4-2-3-13-27-19/h5-6,14,18-19H,2-4,7-13,15H2,1H3,(H,24,25). The van der Waals surface area contributed by atoms with Crippen molar-refractivity contribution < 1.29 is 13.9 Å². The van der Waals surface area contributed by atoms with Gasteiger partial charge in [0.15, 0.2) is 5.96 Å². The zero-order chi connectivity index (χ0) is 19.8. The fraction of sp³-hybridized carbons (Fsp3) is 0.667. The lowest BCUT2D eigenvalue weighted by Crippen LogP contribution is -2.47. The molecule has 1 N–H and O–H groups in total. The summed E-state index contributed by atoms with van der Waals surface area (Å²) < 4.78 is 25.0. The third-order valence-corrected chi connectivity index (χ3v) is 5.79. The van der Waals surface area contributed by atoms with Crippen molar-refractivity contribution in [3.8, 4) is 0 Å². The van der Waals surface area contributed by atoms with Gasteiger partial charge in [-0.15, -0.1) is 0 Å². The number of likely N-dealkylation sites (tertiary alicyclic amines) is 1. The van der Waals surface area contributed by atoms with Crippen LogP contribution in [0.5, 0.6) is 0 Å². The largest absolute Gasteiger partial charge is 0.376 e. The van der Waals surface area contributed by atoms with Gasteiger partial charge in [-0.3, -0.25) is 4.99 Å². The molecule has 1 unspecified atom stereocenters. The normalized spacial score (nSPS) is 21.8. The van der Waals surface area contributed by atoms with Crippen molar-refractivity contribution >= 4 is 17.6 Å². The molecule has 0 aromatic heterocycles. The van der Waals surface area contributed by atoms with Crippen LogP contribution in [-0.4, -0.2) is 63.0 Å². The summed E-state index contributed by atoms with van der Waals surface area (Å²) in [5, 5.41) is 3.86. The molecule has 2 aliphatic heterocycles. The lowest BCUT2D eigenvalue weighted by atomic mass is 10.1. The number of piperidine rings is 1. The van der Waals surface area contributed by atoms with Crippen LogP contribution in [0.4, 0.5) is 4.39 Å². The van der Waals surface area contributed by atoms with Crippen molar-refractivity contribution in [2.24, 2.45) is 4.99 Å².